The summed E-state index contributed by atoms with van der Waals surface area (Å²) < 4.78 is 2.17. The first-order chi connectivity index (χ1) is 9.37. The van der Waals surface area contributed by atoms with Gasteiger partial charge in [0.2, 0.25) is 0 Å². The molecule has 0 aliphatic heterocycles. The summed E-state index contributed by atoms with van der Waals surface area (Å²) >= 11 is 0. The number of aliphatic imine (C=N–C) groups is 1. The zero-order chi connectivity index (χ0) is 14.8. The monoisotopic (exact) mass is 401 g/mol. The fourth-order valence-corrected chi connectivity index (χ4v) is 2.17. The van der Waals surface area contributed by atoms with E-state index in [0.717, 1.165) is 23.4 Å². The Bertz CT molecular complexity index is 625. The molecule has 0 atom stereocenters. The van der Waals surface area contributed by atoms with Gasteiger partial charge in [0.25, 0.3) is 0 Å². The second-order valence-corrected chi connectivity index (χ2v) is 5.94. The number of guanidine groups is 1. The van der Waals surface area contributed by atoms with Crippen LogP contribution in [-0.4, -0.2) is 27.6 Å². The smallest absolute Gasteiger partial charge is 0.189 e. The van der Waals surface area contributed by atoms with Crippen molar-refractivity contribution in [3.63, 3.8) is 0 Å². The van der Waals surface area contributed by atoms with E-state index in [1.165, 1.54) is 0 Å². The zero-order valence-electron chi connectivity index (χ0n) is 13.1. The van der Waals surface area contributed by atoms with Crippen LogP contribution in [0.2, 0.25) is 0 Å². The van der Waals surface area contributed by atoms with Crippen LogP contribution in [0.3, 0.4) is 0 Å². The number of benzene rings is 1. The van der Waals surface area contributed by atoms with Gasteiger partial charge in [0.1, 0.15) is 5.82 Å². The number of nitrogens with two attached hydrogens (primary N) is 1. The van der Waals surface area contributed by atoms with Crippen LogP contribution in [0.1, 0.15) is 26.6 Å². The standard InChI is InChI=1S/C15H23N5.HI/c1-11-18-12-7-5-6-8-13(12)20(11)10-9-17-14(16)19-15(2,3)4;/h5-8H,9-10H2,1-4H3,(H3,16,17,19);1H. The van der Waals surface area contributed by atoms with E-state index in [1.807, 2.05) is 25.1 Å². The minimum Gasteiger partial charge on any atom is -0.370 e. The minimum atomic E-state index is -0.0643. The predicted octanol–water partition coefficient (Wildman–Crippen LogP) is 2.67. The van der Waals surface area contributed by atoms with Gasteiger partial charge >= 0.3 is 0 Å². The van der Waals surface area contributed by atoms with Crippen LogP contribution in [0.15, 0.2) is 29.3 Å². The highest BCUT2D eigenvalue weighted by Gasteiger charge is 2.10. The predicted molar refractivity (Wildman–Crippen MR) is 99.3 cm³/mol. The van der Waals surface area contributed by atoms with Crippen molar-refractivity contribution < 1.29 is 0 Å². The SMILES string of the molecule is Cc1nc2ccccc2n1CCN=C(N)NC(C)(C)C.I. The van der Waals surface area contributed by atoms with Gasteiger partial charge in [0.15, 0.2) is 5.96 Å². The van der Waals surface area contributed by atoms with E-state index < -0.39 is 0 Å². The Morgan fingerprint density at radius 1 is 1.33 bits per heavy atom. The lowest BCUT2D eigenvalue weighted by Gasteiger charge is -2.21. The molecule has 0 radical (unpaired) electrons. The lowest BCUT2D eigenvalue weighted by Crippen LogP contribution is -2.45. The summed E-state index contributed by atoms with van der Waals surface area (Å²) in [5, 5.41) is 3.15. The van der Waals surface area contributed by atoms with Gasteiger partial charge in [-0.15, -0.1) is 24.0 Å². The van der Waals surface area contributed by atoms with Gasteiger partial charge in [0.05, 0.1) is 17.6 Å². The van der Waals surface area contributed by atoms with E-state index in [9.17, 15) is 0 Å². The average molecular weight is 401 g/mol. The van der Waals surface area contributed by atoms with Crippen molar-refractivity contribution >= 4 is 41.0 Å². The Labute approximate surface area is 143 Å². The minimum absolute atomic E-state index is 0. The summed E-state index contributed by atoms with van der Waals surface area (Å²) in [6.45, 7) is 9.60. The van der Waals surface area contributed by atoms with E-state index in [-0.39, 0.29) is 29.5 Å². The fourth-order valence-electron chi connectivity index (χ4n) is 2.17. The summed E-state index contributed by atoms with van der Waals surface area (Å²) in [5.74, 6) is 1.49. The van der Waals surface area contributed by atoms with Crippen LogP contribution in [0, 0.1) is 6.92 Å². The Morgan fingerprint density at radius 2 is 2.00 bits per heavy atom. The van der Waals surface area contributed by atoms with E-state index in [1.54, 1.807) is 0 Å². The maximum absolute atomic E-state index is 5.86. The molecule has 0 unspecified atom stereocenters. The topological polar surface area (TPSA) is 68.2 Å². The number of hydrogen-bond acceptors (Lipinski definition) is 2. The highest BCUT2D eigenvalue weighted by atomic mass is 127. The molecule has 1 aromatic heterocycles. The number of halogens is 1. The van der Waals surface area contributed by atoms with Gasteiger partial charge < -0.3 is 15.6 Å². The van der Waals surface area contributed by atoms with E-state index in [4.69, 9.17) is 5.73 Å². The van der Waals surface area contributed by atoms with Crippen LogP contribution in [0.5, 0.6) is 0 Å². The Hall–Kier alpha value is -1.31. The summed E-state index contributed by atoms with van der Waals surface area (Å²) in [6.07, 6.45) is 0. The molecule has 2 rings (SSSR count). The zero-order valence-corrected chi connectivity index (χ0v) is 15.4. The van der Waals surface area contributed by atoms with Gasteiger partial charge in [-0.2, -0.15) is 0 Å². The normalized spacial score (nSPS) is 12.3. The first kappa shape index (κ1) is 17.7. The third-order valence-electron chi connectivity index (χ3n) is 2.95. The number of para-hydroxylation sites is 2. The summed E-state index contributed by atoms with van der Waals surface area (Å²) in [4.78, 5) is 8.90. The first-order valence-electron chi connectivity index (χ1n) is 6.87. The molecule has 0 bridgehead atoms. The molecule has 21 heavy (non-hydrogen) atoms. The van der Waals surface area contributed by atoms with Crippen molar-refractivity contribution in [2.45, 2.75) is 39.8 Å². The molecule has 1 heterocycles. The molecule has 116 valence electrons. The molecule has 2 aromatic rings. The van der Waals surface area contributed by atoms with Crippen LogP contribution in [-0.2, 0) is 6.54 Å². The lowest BCUT2D eigenvalue weighted by molar-refractivity contribution is 0.507. The van der Waals surface area contributed by atoms with E-state index >= 15 is 0 Å². The second-order valence-electron chi connectivity index (χ2n) is 5.94. The van der Waals surface area contributed by atoms with Crippen LogP contribution in [0.25, 0.3) is 11.0 Å². The van der Waals surface area contributed by atoms with E-state index in [2.05, 4.69) is 46.7 Å². The maximum atomic E-state index is 5.86. The summed E-state index contributed by atoms with van der Waals surface area (Å²) in [7, 11) is 0. The third-order valence-corrected chi connectivity index (χ3v) is 2.95. The number of aromatic nitrogens is 2. The molecule has 6 heteroatoms. The van der Waals surface area contributed by atoms with Crippen molar-refractivity contribution in [3.8, 4) is 0 Å². The molecule has 0 fully saturated rings. The van der Waals surface area contributed by atoms with E-state index in [0.29, 0.717) is 12.5 Å². The third kappa shape index (κ3) is 4.87. The van der Waals surface area contributed by atoms with Crippen LogP contribution >= 0.6 is 24.0 Å². The number of aryl methyl sites for hydroxylation is 1. The van der Waals surface area contributed by atoms with Crippen molar-refractivity contribution in [1.82, 2.24) is 14.9 Å². The Kier molecular flexibility index (Phi) is 6.00. The van der Waals surface area contributed by atoms with Gasteiger partial charge in [-0.05, 0) is 39.8 Å². The number of nitrogens with zero attached hydrogens (tertiary/aromatic N) is 3. The highest BCUT2D eigenvalue weighted by Crippen LogP contribution is 2.14. The number of rotatable bonds is 3. The first-order valence-corrected chi connectivity index (χ1v) is 6.87. The van der Waals surface area contributed by atoms with Gasteiger partial charge in [-0.3, -0.25) is 4.99 Å². The van der Waals surface area contributed by atoms with Crippen LogP contribution in [0.4, 0.5) is 0 Å². The molecule has 0 aliphatic rings. The molecule has 0 amide bonds. The fraction of sp³-hybridized carbons (Fsp3) is 0.467. The maximum Gasteiger partial charge on any atom is 0.189 e. The molecular formula is C15H24IN5. The Balaban J connectivity index is 0.00000220. The van der Waals surface area contributed by atoms with Crippen molar-refractivity contribution in [3.05, 3.63) is 30.1 Å². The van der Waals surface area contributed by atoms with Crippen molar-refractivity contribution in [1.29, 1.82) is 0 Å². The van der Waals surface area contributed by atoms with Crippen molar-refractivity contribution in [2.75, 3.05) is 6.54 Å². The summed E-state index contributed by atoms with van der Waals surface area (Å²) in [6, 6.07) is 8.13. The molecule has 5 nitrogen and oxygen atoms in total. The van der Waals surface area contributed by atoms with Gasteiger partial charge in [-0.25, -0.2) is 4.98 Å². The largest absolute Gasteiger partial charge is 0.370 e. The highest BCUT2D eigenvalue weighted by molar-refractivity contribution is 14.0. The number of hydrogen-bond donors (Lipinski definition) is 2. The van der Waals surface area contributed by atoms with Crippen LogP contribution < -0.4 is 11.1 Å². The molecule has 0 saturated heterocycles. The molecule has 0 spiro atoms. The molecule has 0 saturated carbocycles. The molecular weight excluding hydrogens is 377 g/mol. The molecule has 3 N–H and O–H groups in total. The van der Waals surface area contributed by atoms with Crippen molar-refractivity contribution in [2.24, 2.45) is 10.7 Å². The van der Waals surface area contributed by atoms with Gasteiger partial charge in [-0.1, -0.05) is 12.1 Å². The van der Waals surface area contributed by atoms with Gasteiger partial charge in [0, 0.05) is 12.1 Å². The number of fused-ring (bicyclic) bond motifs is 1. The number of imidazole rings is 1. The quantitative estimate of drug-likeness (QED) is 0.472. The summed E-state index contributed by atoms with van der Waals surface area (Å²) in [5.41, 5.74) is 7.96. The molecule has 1 aromatic carbocycles. The second kappa shape index (κ2) is 7.11. The molecule has 0 aliphatic carbocycles. The number of nitrogens with one attached hydrogen (secondary N) is 1. The average Bonchev–Trinajstić information content (AvgIpc) is 2.64. The lowest BCUT2D eigenvalue weighted by atomic mass is 10.1. The Morgan fingerprint density at radius 3 is 2.67 bits per heavy atom.